The summed E-state index contributed by atoms with van der Waals surface area (Å²) in [5.74, 6) is -0.122. The van der Waals surface area contributed by atoms with Crippen LogP contribution < -0.4 is 11.1 Å². The number of carbonyl (C=O) groups is 1. The van der Waals surface area contributed by atoms with Crippen molar-refractivity contribution < 1.29 is 4.79 Å². The summed E-state index contributed by atoms with van der Waals surface area (Å²) in [5.41, 5.74) is 6.04. The van der Waals surface area contributed by atoms with Crippen molar-refractivity contribution in [2.75, 3.05) is 46.3 Å². The Kier molecular flexibility index (Phi) is 12.7. The van der Waals surface area contributed by atoms with E-state index in [2.05, 4.69) is 22.2 Å². The molecule has 0 radical (unpaired) electrons. The fourth-order valence-corrected chi connectivity index (χ4v) is 2.50. The molecule has 1 saturated heterocycles. The van der Waals surface area contributed by atoms with E-state index < -0.39 is 5.54 Å². The van der Waals surface area contributed by atoms with Crippen LogP contribution in [0.2, 0.25) is 0 Å². The lowest BCUT2D eigenvalue weighted by molar-refractivity contribution is -0.126. The smallest absolute Gasteiger partial charge is 0.244 e. The minimum absolute atomic E-state index is 0. The van der Waals surface area contributed by atoms with E-state index in [1.807, 2.05) is 30.3 Å². The lowest BCUT2D eigenvalue weighted by Crippen LogP contribution is -2.51. The molecule has 1 aliphatic rings. The number of piperazine rings is 1. The third-order valence-corrected chi connectivity index (χ3v) is 4.15. The van der Waals surface area contributed by atoms with Crippen molar-refractivity contribution in [2.24, 2.45) is 5.73 Å². The molecule has 1 fully saturated rings. The van der Waals surface area contributed by atoms with Gasteiger partial charge in [0.2, 0.25) is 5.91 Å². The summed E-state index contributed by atoms with van der Waals surface area (Å²) in [5, 5.41) is 2.96. The number of hydrogen-bond donors (Lipinski definition) is 2. The normalized spacial score (nSPS) is 17.5. The molecule has 5 nitrogen and oxygen atoms in total. The van der Waals surface area contributed by atoms with E-state index in [1.54, 1.807) is 6.92 Å². The Morgan fingerprint density at radius 1 is 1.12 bits per heavy atom. The second-order valence-corrected chi connectivity index (χ2v) is 5.97. The summed E-state index contributed by atoms with van der Waals surface area (Å²) in [6.45, 7) is 7.58. The van der Waals surface area contributed by atoms with Crippen molar-refractivity contribution in [3.63, 3.8) is 0 Å². The van der Waals surface area contributed by atoms with Crippen LogP contribution in [0.15, 0.2) is 30.3 Å². The van der Waals surface area contributed by atoms with Crippen LogP contribution in [0.4, 0.5) is 0 Å². The maximum atomic E-state index is 12.3. The molecule has 140 valence electrons. The van der Waals surface area contributed by atoms with Gasteiger partial charge in [-0.2, -0.15) is 0 Å². The lowest BCUT2D eigenvalue weighted by atomic mass is 9.92. The minimum Gasteiger partial charge on any atom is -0.353 e. The molecule has 2 rings (SSSR count). The summed E-state index contributed by atoms with van der Waals surface area (Å²) in [7, 11) is 2.14. The number of amides is 1. The van der Waals surface area contributed by atoms with Crippen LogP contribution in [0.1, 0.15) is 12.5 Å². The number of hydrogen-bond acceptors (Lipinski definition) is 4. The van der Waals surface area contributed by atoms with Crippen LogP contribution in [0.3, 0.4) is 0 Å². The Morgan fingerprint density at radius 2 is 1.67 bits per heavy atom. The lowest BCUT2D eigenvalue weighted by Gasteiger charge is -2.32. The van der Waals surface area contributed by atoms with Gasteiger partial charge in [0.05, 0.1) is 0 Å². The highest BCUT2D eigenvalue weighted by Crippen LogP contribution is 2.17. The van der Waals surface area contributed by atoms with Crippen molar-refractivity contribution in [3.05, 3.63) is 35.9 Å². The van der Waals surface area contributed by atoms with E-state index in [1.165, 1.54) is 0 Å². The van der Waals surface area contributed by atoms with Gasteiger partial charge in [-0.15, -0.1) is 37.2 Å². The maximum absolute atomic E-state index is 12.3. The molecular weight excluding hydrogens is 371 g/mol. The largest absolute Gasteiger partial charge is 0.353 e. The van der Waals surface area contributed by atoms with Gasteiger partial charge >= 0.3 is 0 Å². The average Bonchev–Trinajstić information content (AvgIpc) is 2.50. The standard InChI is InChI=1S/C16H26N4O.3ClH/c1-16(17,14-6-4-3-5-7-14)15(21)18-8-9-20-12-10-19(2)11-13-20;;;/h3-7H,8-13,17H2,1-2H3,(H,18,21);3*1H. The Morgan fingerprint density at radius 3 is 2.21 bits per heavy atom. The quantitative estimate of drug-likeness (QED) is 0.787. The number of likely N-dealkylation sites (N-methyl/N-ethyl adjacent to an activating group) is 1. The van der Waals surface area contributed by atoms with Crippen molar-refractivity contribution >= 4 is 43.1 Å². The van der Waals surface area contributed by atoms with E-state index >= 15 is 0 Å². The highest BCUT2D eigenvalue weighted by molar-refractivity contribution is 5.87. The highest BCUT2D eigenvalue weighted by Gasteiger charge is 2.30. The molecule has 1 aromatic rings. The van der Waals surface area contributed by atoms with E-state index in [9.17, 15) is 4.79 Å². The van der Waals surface area contributed by atoms with Gasteiger partial charge in [-0.3, -0.25) is 9.69 Å². The topological polar surface area (TPSA) is 61.6 Å². The van der Waals surface area contributed by atoms with Gasteiger partial charge in [0, 0.05) is 39.3 Å². The maximum Gasteiger partial charge on any atom is 0.244 e. The first kappa shape index (κ1) is 25.7. The Labute approximate surface area is 163 Å². The van der Waals surface area contributed by atoms with Gasteiger partial charge in [-0.1, -0.05) is 30.3 Å². The first-order chi connectivity index (χ1) is 10.00. The monoisotopic (exact) mass is 398 g/mol. The summed E-state index contributed by atoms with van der Waals surface area (Å²) < 4.78 is 0. The van der Waals surface area contributed by atoms with E-state index in [-0.39, 0.29) is 43.1 Å². The van der Waals surface area contributed by atoms with Gasteiger partial charge in [0.1, 0.15) is 5.54 Å². The molecule has 1 amide bonds. The van der Waals surface area contributed by atoms with E-state index in [0.29, 0.717) is 6.54 Å². The average molecular weight is 400 g/mol. The van der Waals surface area contributed by atoms with Crippen LogP contribution in [0, 0.1) is 0 Å². The molecule has 1 heterocycles. The van der Waals surface area contributed by atoms with Crippen molar-refractivity contribution in [3.8, 4) is 0 Å². The van der Waals surface area contributed by atoms with Gasteiger partial charge < -0.3 is 16.0 Å². The fourth-order valence-electron chi connectivity index (χ4n) is 2.50. The second kappa shape index (κ2) is 11.9. The Bertz CT molecular complexity index is 466. The summed E-state index contributed by atoms with van der Waals surface area (Å²) in [6, 6.07) is 9.50. The van der Waals surface area contributed by atoms with Gasteiger partial charge in [-0.05, 0) is 19.5 Å². The molecule has 1 unspecified atom stereocenters. The molecule has 8 heteroatoms. The zero-order valence-corrected chi connectivity index (χ0v) is 16.7. The van der Waals surface area contributed by atoms with E-state index in [4.69, 9.17) is 5.73 Å². The van der Waals surface area contributed by atoms with Crippen molar-refractivity contribution in [1.29, 1.82) is 0 Å². The minimum atomic E-state index is -0.983. The number of nitrogens with zero attached hydrogens (tertiary/aromatic N) is 2. The number of rotatable bonds is 5. The second-order valence-electron chi connectivity index (χ2n) is 5.97. The molecular formula is C16H29Cl3N4O. The molecule has 1 aliphatic heterocycles. The number of nitrogens with two attached hydrogens (primary N) is 1. The first-order valence-corrected chi connectivity index (χ1v) is 7.54. The van der Waals surface area contributed by atoms with Gasteiger partial charge in [0.15, 0.2) is 0 Å². The predicted octanol–water partition coefficient (Wildman–Crippen LogP) is 1.49. The first-order valence-electron chi connectivity index (χ1n) is 7.54. The van der Waals surface area contributed by atoms with Crippen molar-refractivity contribution in [1.82, 2.24) is 15.1 Å². The van der Waals surface area contributed by atoms with Crippen LogP contribution in [-0.4, -0.2) is 62.0 Å². The third-order valence-electron chi connectivity index (χ3n) is 4.15. The number of carbonyl (C=O) groups excluding carboxylic acids is 1. The number of halogens is 3. The van der Waals surface area contributed by atoms with Crippen LogP contribution >= 0.6 is 37.2 Å². The predicted molar refractivity (Wildman–Crippen MR) is 107 cm³/mol. The molecule has 0 bridgehead atoms. The SMILES string of the molecule is CN1CCN(CCNC(=O)C(C)(N)c2ccccc2)CC1.Cl.Cl.Cl. The number of benzene rings is 1. The molecule has 3 N–H and O–H groups in total. The van der Waals surface area contributed by atoms with Crippen molar-refractivity contribution in [2.45, 2.75) is 12.5 Å². The Balaban J connectivity index is 0. The molecule has 0 aliphatic carbocycles. The summed E-state index contributed by atoms with van der Waals surface area (Å²) in [4.78, 5) is 17.0. The van der Waals surface area contributed by atoms with Crippen LogP contribution in [0.5, 0.6) is 0 Å². The molecule has 0 spiro atoms. The zero-order chi connectivity index (χ0) is 15.3. The fraction of sp³-hybridized carbons (Fsp3) is 0.562. The number of nitrogens with one attached hydrogen (secondary N) is 1. The van der Waals surface area contributed by atoms with Gasteiger partial charge in [-0.25, -0.2) is 0 Å². The van der Waals surface area contributed by atoms with E-state index in [0.717, 1.165) is 38.3 Å². The molecule has 24 heavy (non-hydrogen) atoms. The molecule has 1 atom stereocenters. The highest BCUT2D eigenvalue weighted by atomic mass is 35.5. The molecule has 0 aromatic heterocycles. The summed E-state index contributed by atoms with van der Waals surface area (Å²) in [6.07, 6.45) is 0. The Hall–Kier alpha value is -0.560. The third kappa shape index (κ3) is 7.13. The molecule has 0 saturated carbocycles. The molecule has 1 aromatic carbocycles. The zero-order valence-electron chi connectivity index (χ0n) is 14.2. The van der Waals surface area contributed by atoms with Crippen LogP contribution in [-0.2, 0) is 10.3 Å². The van der Waals surface area contributed by atoms with Crippen LogP contribution in [0.25, 0.3) is 0 Å². The van der Waals surface area contributed by atoms with Gasteiger partial charge in [0.25, 0.3) is 0 Å². The summed E-state index contributed by atoms with van der Waals surface area (Å²) >= 11 is 0.